The Morgan fingerprint density at radius 3 is 2.17 bits per heavy atom. The van der Waals surface area contributed by atoms with Crippen molar-refractivity contribution >= 4 is 17.6 Å². The monoisotopic (exact) mass is 395 g/mol. The van der Waals surface area contributed by atoms with E-state index in [2.05, 4.69) is 4.98 Å². The summed E-state index contributed by atoms with van der Waals surface area (Å²) in [5.74, 6) is 0.687. The van der Waals surface area contributed by atoms with Crippen LogP contribution in [0.25, 0.3) is 0 Å². The Kier molecular flexibility index (Phi) is 5.13. The van der Waals surface area contributed by atoms with E-state index in [-0.39, 0.29) is 17.6 Å². The number of methoxy groups -OCH3 is 1. The van der Waals surface area contributed by atoms with Crippen LogP contribution < -0.4 is 4.74 Å². The number of fused-ring (bicyclic) bond motifs is 1. The first-order valence-corrected chi connectivity index (χ1v) is 9.97. The SMILES string of the molecule is COc1ccc(C(=O)N2CCN(C(=O)c3[nH]c4c(c3C)C(=O)CCC4)CC2)cc1. The van der Waals surface area contributed by atoms with Crippen molar-refractivity contribution in [2.75, 3.05) is 33.3 Å². The number of aryl methyl sites for hydroxylation is 1. The van der Waals surface area contributed by atoms with Gasteiger partial charge in [-0.15, -0.1) is 0 Å². The van der Waals surface area contributed by atoms with E-state index in [0.717, 1.165) is 24.1 Å². The van der Waals surface area contributed by atoms with Crippen LogP contribution in [-0.2, 0) is 6.42 Å². The maximum absolute atomic E-state index is 13.0. The second-order valence-corrected chi connectivity index (χ2v) is 7.57. The molecule has 7 nitrogen and oxygen atoms in total. The molecule has 0 atom stereocenters. The number of piperazine rings is 1. The van der Waals surface area contributed by atoms with Crippen LogP contribution in [0.4, 0.5) is 0 Å². The highest BCUT2D eigenvalue weighted by atomic mass is 16.5. The molecular weight excluding hydrogens is 370 g/mol. The van der Waals surface area contributed by atoms with Crippen LogP contribution in [0.5, 0.6) is 5.75 Å². The molecule has 1 aliphatic carbocycles. The smallest absolute Gasteiger partial charge is 0.270 e. The van der Waals surface area contributed by atoms with Crippen LogP contribution in [0.3, 0.4) is 0 Å². The average molecular weight is 395 g/mol. The Labute approximate surface area is 169 Å². The maximum Gasteiger partial charge on any atom is 0.270 e. The second kappa shape index (κ2) is 7.73. The number of amides is 2. The summed E-state index contributed by atoms with van der Waals surface area (Å²) in [6, 6.07) is 7.04. The van der Waals surface area contributed by atoms with Crippen LogP contribution in [-0.4, -0.2) is 65.7 Å². The molecule has 7 heteroatoms. The van der Waals surface area contributed by atoms with Gasteiger partial charge in [0.2, 0.25) is 0 Å². The fraction of sp³-hybridized carbons (Fsp3) is 0.409. The van der Waals surface area contributed by atoms with Crippen LogP contribution in [0, 0.1) is 6.92 Å². The zero-order valence-electron chi connectivity index (χ0n) is 16.8. The molecule has 2 aromatic rings. The molecule has 1 aliphatic heterocycles. The molecule has 29 heavy (non-hydrogen) atoms. The summed E-state index contributed by atoms with van der Waals surface area (Å²) in [5, 5.41) is 0. The molecule has 1 aromatic heterocycles. The largest absolute Gasteiger partial charge is 0.497 e. The zero-order chi connectivity index (χ0) is 20.5. The van der Waals surface area contributed by atoms with Gasteiger partial charge >= 0.3 is 0 Å². The van der Waals surface area contributed by atoms with Crippen LogP contribution in [0.15, 0.2) is 24.3 Å². The third kappa shape index (κ3) is 3.52. The molecule has 152 valence electrons. The lowest BCUT2D eigenvalue weighted by atomic mass is 9.93. The van der Waals surface area contributed by atoms with Gasteiger partial charge in [0.15, 0.2) is 5.78 Å². The number of carbonyl (C=O) groups excluding carboxylic acids is 3. The molecule has 2 heterocycles. The predicted octanol–water partition coefficient (Wildman–Crippen LogP) is 2.45. The van der Waals surface area contributed by atoms with Crippen molar-refractivity contribution in [3.05, 3.63) is 52.3 Å². The van der Waals surface area contributed by atoms with Crippen molar-refractivity contribution < 1.29 is 19.1 Å². The summed E-state index contributed by atoms with van der Waals surface area (Å²) in [7, 11) is 1.59. The normalized spacial score (nSPS) is 16.6. The standard InChI is InChI=1S/C22H25N3O4/c1-14-19-17(4-3-5-18(19)26)23-20(14)22(28)25-12-10-24(11-13-25)21(27)15-6-8-16(29-2)9-7-15/h6-9,23H,3-5,10-13H2,1-2H3. The highest BCUT2D eigenvalue weighted by Gasteiger charge is 2.30. The van der Waals surface area contributed by atoms with E-state index in [0.29, 0.717) is 55.2 Å². The number of H-pyrrole nitrogens is 1. The number of ketones is 1. The van der Waals surface area contributed by atoms with E-state index < -0.39 is 0 Å². The fourth-order valence-electron chi connectivity index (χ4n) is 4.17. The number of nitrogens with zero attached hydrogens (tertiary/aromatic N) is 2. The predicted molar refractivity (Wildman–Crippen MR) is 108 cm³/mol. The number of carbonyl (C=O) groups is 3. The van der Waals surface area contributed by atoms with Crippen LogP contribution in [0.1, 0.15) is 55.3 Å². The van der Waals surface area contributed by atoms with Gasteiger partial charge in [-0.05, 0) is 49.6 Å². The third-order valence-corrected chi connectivity index (χ3v) is 5.84. The van der Waals surface area contributed by atoms with Gasteiger partial charge in [-0.1, -0.05) is 0 Å². The second-order valence-electron chi connectivity index (χ2n) is 7.57. The lowest BCUT2D eigenvalue weighted by molar-refractivity contribution is 0.0532. The lowest BCUT2D eigenvalue weighted by Crippen LogP contribution is -2.50. The van der Waals surface area contributed by atoms with E-state index in [9.17, 15) is 14.4 Å². The molecule has 1 fully saturated rings. The lowest BCUT2D eigenvalue weighted by Gasteiger charge is -2.34. The molecule has 1 aromatic carbocycles. The first-order chi connectivity index (χ1) is 14.0. The van der Waals surface area contributed by atoms with Gasteiger partial charge in [-0.25, -0.2) is 0 Å². The van der Waals surface area contributed by atoms with E-state index in [1.54, 1.807) is 41.2 Å². The molecule has 4 rings (SSSR count). The Morgan fingerprint density at radius 1 is 0.966 bits per heavy atom. The number of aromatic amines is 1. The quantitative estimate of drug-likeness (QED) is 0.865. The van der Waals surface area contributed by atoms with Gasteiger partial charge in [0.25, 0.3) is 11.8 Å². The number of rotatable bonds is 3. The Morgan fingerprint density at radius 2 is 1.59 bits per heavy atom. The fourth-order valence-corrected chi connectivity index (χ4v) is 4.17. The van der Waals surface area contributed by atoms with Crippen molar-refractivity contribution in [2.24, 2.45) is 0 Å². The van der Waals surface area contributed by atoms with Crippen molar-refractivity contribution in [3.8, 4) is 5.75 Å². The van der Waals surface area contributed by atoms with Gasteiger partial charge in [-0.2, -0.15) is 0 Å². The highest BCUT2D eigenvalue weighted by Crippen LogP contribution is 2.27. The zero-order valence-corrected chi connectivity index (χ0v) is 16.8. The molecule has 1 N–H and O–H groups in total. The molecule has 0 spiro atoms. The highest BCUT2D eigenvalue weighted by molar-refractivity contribution is 6.04. The minimum atomic E-state index is -0.0961. The number of hydrogen-bond donors (Lipinski definition) is 1. The van der Waals surface area contributed by atoms with Crippen molar-refractivity contribution in [3.63, 3.8) is 0 Å². The van der Waals surface area contributed by atoms with Crippen molar-refractivity contribution in [1.29, 1.82) is 0 Å². The van der Waals surface area contributed by atoms with Gasteiger partial charge < -0.3 is 19.5 Å². The third-order valence-electron chi connectivity index (χ3n) is 5.84. The summed E-state index contributed by atoms with van der Waals surface area (Å²) < 4.78 is 5.13. The van der Waals surface area contributed by atoms with Crippen molar-refractivity contribution in [2.45, 2.75) is 26.2 Å². The number of aromatic nitrogens is 1. The van der Waals surface area contributed by atoms with Gasteiger partial charge in [0, 0.05) is 49.4 Å². The molecular formula is C22H25N3O4. The summed E-state index contributed by atoms with van der Waals surface area (Å²) >= 11 is 0. The van der Waals surface area contributed by atoms with E-state index in [1.165, 1.54) is 0 Å². The molecule has 2 amide bonds. The van der Waals surface area contributed by atoms with Crippen LogP contribution >= 0.6 is 0 Å². The topological polar surface area (TPSA) is 82.7 Å². The molecule has 0 unspecified atom stereocenters. The molecule has 1 saturated heterocycles. The Balaban J connectivity index is 1.42. The summed E-state index contributed by atoms with van der Waals surface area (Å²) in [6.45, 7) is 3.74. The summed E-state index contributed by atoms with van der Waals surface area (Å²) in [6.07, 6.45) is 2.18. The Bertz CT molecular complexity index is 953. The number of hydrogen-bond acceptors (Lipinski definition) is 4. The first kappa shape index (κ1) is 19.2. The van der Waals surface area contributed by atoms with Crippen LogP contribution in [0.2, 0.25) is 0 Å². The molecule has 2 aliphatic rings. The van der Waals surface area contributed by atoms with E-state index in [4.69, 9.17) is 4.74 Å². The molecule has 0 radical (unpaired) electrons. The van der Waals surface area contributed by atoms with E-state index >= 15 is 0 Å². The van der Waals surface area contributed by atoms with Crippen molar-refractivity contribution in [1.82, 2.24) is 14.8 Å². The number of nitrogens with one attached hydrogen (secondary N) is 1. The minimum Gasteiger partial charge on any atom is -0.497 e. The first-order valence-electron chi connectivity index (χ1n) is 9.97. The average Bonchev–Trinajstić information content (AvgIpc) is 3.10. The Hall–Kier alpha value is -3.09. The van der Waals surface area contributed by atoms with Gasteiger partial charge in [0.1, 0.15) is 11.4 Å². The van der Waals surface area contributed by atoms with Gasteiger partial charge in [-0.3, -0.25) is 14.4 Å². The maximum atomic E-state index is 13.0. The number of Topliss-reactive ketones (excluding diaryl/α,β-unsaturated/α-hetero) is 1. The number of ether oxygens (including phenoxy) is 1. The minimum absolute atomic E-state index is 0.0446. The van der Waals surface area contributed by atoms with E-state index in [1.807, 2.05) is 6.92 Å². The molecule has 0 saturated carbocycles. The summed E-state index contributed by atoms with van der Waals surface area (Å²) in [4.78, 5) is 44.7. The molecule has 0 bridgehead atoms. The van der Waals surface area contributed by atoms with Gasteiger partial charge in [0.05, 0.1) is 7.11 Å². The summed E-state index contributed by atoms with van der Waals surface area (Å²) in [5.41, 5.74) is 3.46. The number of benzene rings is 1.